The van der Waals surface area contributed by atoms with Gasteiger partial charge in [-0.25, -0.2) is 0 Å². The Hall–Kier alpha value is -0.320. The van der Waals surface area contributed by atoms with Gasteiger partial charge in [0.1, 0.15) is 5.76 Å². The first-order valence-electron chi connectivity index (χ1n) is 6.25. The summed E-state index contributed by atoms with van der Waals surface area (Å²) in [6, 6.07) is 3.82. The maximum atomic E-state index is 10.4. The second-order valence-corrected chi connectivity index (χ2v) is 6.00. The van der Waals surface area contributed by atoms with E-state index in [1.807, 2.05) is 12.1 Å². The molecule has 0 saturated heterocycles. The van der Waals surface area contributed by atoms with Gasteiger partial charge in [0.2, 0.25) is 0 Å². The Labute approximate surface area is 111 Å². The number of hydrogen-bond acceptors (Lipinski definition) is 3. The smallest absolute Gasteiger partial charge is 0.169 e. The minimum atomic E-state index is -0.518. The van der Waals surface area contributed by atoms with Crippen LogP contribution in [0.5, 0.6) is 0 Å². The van der Waals surface area contributed by atoms with Gasteiger partial charge in [-0.2, -0.15) is 0 Å². The summed E-state index contributed by atoms with van der Waals surface area (Å²) in [7, 11) is 0. The lowest BCUT2D eigenvalue weighted by Crippen LogP contribution is -2.43. The Balaban J connectivity index is 1.74. The molecule has 96 valence electrons. The fourth-order valence-electron chi connectivity index (χ4n) is 2.34. The highest BCUT2D eigenvalue weighted by Gasteiger charge is 2.31. The van der Waals surface area contributed by atoms with Crippen molar-refractivity contribution in [1.29, 1.82) is 0 Å². The number of halogens is 1. The fraction of sp³-hybridized carbons (Fsp3) is 0.692. The number of furan rings is 1. The van der Waals surface area contributed by atoms with Gasteiger partial charge in [0.15, 0.2) is 4.67 Å². The first-order chi connectivity index (χ1) is 8.07. The number of hydrogen-bond donors (Lipinski definition) is 2. The van der Waals surface area contributed by atoms with Crippen LogP contribution in [0.1, 0.15) is 38.4 Å². The highest BCUT2D eigenvalue weighted by molar-refractivity contribution is 9.10. The molecule has 0 atom stereocenters. The van der Waals surface area contributed by atoms with Crippen LogP contribution >= 0.6 is 15.9 Å². The van der Waals surface area contributed by atoms with Crippen LogP contribution in [0.2, 0.25) is 0 Å². The maximum Gasteiger partial charge on any atom is 0.169 e. The van der Waals surface area contributed by atoms with E-state index in [0.717, 1.165) is 42.0 Å². The third-order valence-electron chi connectivity index (χ3n) is 3.59. The Bertz CT molecular complexity index is 356. The van der Waals surface area contributed by atoms with E-state index in [2.05, 4.69) is 28.2 Å². The summed E-state index contributed by atoms with van der Waals surface area (Å²) in [5.74, 6) is 1.65. The lowest BCUT2D eigenvalue weighted by Gasteiger charge is -2.35. The van der Waals surface area contributed by atoms with E-state index in [1.54, 1.807) is 0 Å². The Kier molecular flexibility index (Phi) is 4.28. The predicted octanol–water partition coefficient (Wildman–Crippen LogP) is 3.07. The molecule has 0 radical (unpaired) electrons. The maximum absolute atomic E-state index is 10.4. The predicted molar refractivity (Wildman–Crippen MR) is 70.7 cm³/mol. The fourth-order valence-corrected chi connectivity index (χ4v) is 2.68. The Morgan fingerprint density at radius 1 is 1.47 bits per heavy atom. The van der Waals surface area contributed by atoms with Gasteiger partial charge >= 0.3 is 0 Å². The largest absolute Gasteiger partial charge is 0.453 e. The zero-order valence-corrected chi connectivity index (χ0v) is 11.8. The topological polar surface area (TPSA) is 45.4 Å². The molecule has 1 aromatic rings. The van der Waals surface area contributed by atoms with E-state index in [1.165, 1.54) is 0 Å². The molecule has 1 heterocycles. The first kappa shape index (κ1) is 13.1. The molecule has 4 heteroatoms. The van der Waals surface area contributed by atoms with Crippen molar-refractivity contribution in [2.24, 2.45) is 5.92 Å². The molecule has 0 spiro atoms. The van der Waals surface area contributed by atoms with E-state index in [9.17, 15) is 5.11 Å². The van der Waals surface area contributed by atoms with E-state index < -0.39 is 5.60 Å². The molecule has 1 aromatic heterocycles. The summed E-state index contributed by atoms with van der Waals surface area (Å²) in [6.07, 6.45) is 4.07. The van der Waals surface area contributed by atoms with Gasteiger partial charge in [0, 0.05) is 6.54 Å². The van der Waals surface area contributed by atoms with Crippen molar-refractivity contribution in [3.8, 4) is 0 Å². The van der Waals surface area contributed by atoms with Gasteiger partial charge in [-0.3, -0.25) is 0 Å². The molecule has 0 bridgehead atoms. The summed E-state index contributed by atoms with van der Waals surface area (Å²) < 4.78 is 6.14. The summed E-state index contributed by atoms with van der Waals surface area (Å²) in [4.78, 5) is 0. The molecule has 3 nitrogen and oxygen atoms in total. The molecule has 1 aliphatic rings. The molecular formula is C13H20BrNO2. The third-order valence-corrected chi connectivity index (χ3v) is 4.01. The van der Waals surface area contributed by atoms with Crippen LogP contribution in [0.4, 0.5) is 0 Å². The van der Waals surface area contributed by atoms with Crippen molar-refractivity contribution in [2.45, 2.75) is 44.8 Å². The summed E-state index contributed by atoms with van der Waals surface area (Å²) in [5.41, 5.74) is -0.518. The molecule has 0 unspecified atom stereocenters. The highest BCUT2D eigenvalue weighted by atomic mass is 79.9. The van der Waals surface area contributed by atoms with E-state index >= 15 is 0 Å². The molecule has 17 heavy (non-hydrogen) atoms. The summed E-state index contributed by atoms with van der Waals surface area (Å²) in [6.45, 7) is 3.58. The third kappa shape index (κ3) is 3.83. The summed E-state index contributed by atoms with van der Waals surface area (Å²) >= 11 is 3.27. The minimum Gasteiger partial charge on any atom is -0.453 e. The normalized spacial score (nSPS) is 29.5. The van der Waals surface area contributed by atoms with Crippen molar-refractivity contribution in [2.75, 3.05) is 6.54 Å². The molecule has 2 rings (SSSR count). The molecule has 0 aliphatic heterocycles. The van der Waals surface area contributed by atoms with Crippen LogP contribution in [0, 0.1) is 5.92 Å². The SMILES string of the molecule is CC1CCC(O)(CNCc2ccc(Br)o2)CC1. The van der Waals surface area contributed by atoms with Crippen LogP contribution in [0.25, 0.3) is 0 Å². The number of aliphatic hydroxyl groups is 1. The van der Waals surface area contributed by atoms with E-state index in [4.69, 9.17) is 4.42 Å². The van der Waals surface area contributed by atoms with Crippen LogP contribution in [-0.2, 0) is 6.54 Å². The van der Waals surface area contributed by atoms with Gasteiger partial charge in [0.05, 0.1) is 12.1 Å². The van der Waals surface area contributed by atoms with Gasteiger partial charge < -0.3 is 14.8 Å². The van der Waals surface area contributed by atoms with Crippen LogP contribution in [0.3, 0.4) is 0 Å². The number of nitrogens with one attached hydrogen (secondary N) is 1. The number of rotatable bonds is 4. The summed E-state index contributed by atoms with van der Waals surface area (Å²) in [5, 5.41) is 13.6. The van der Waals surface area contributed by atoms with E-state index in [-0.39, 0.29) is 0 Å². The van der Waals surface area contributed by atoms with Crippen molar-refractivity contribution < 1.29 is 9.52 Å². The molecule has 2 N–H and O–H groups in total. The van der Waals surface area contributed by atoms with Gasteiger partial charge in [0.25, 0.3) is 0 Å². The standard InChI is InChI=1S/C13H20BrNO2/c1-10-4-6-13(16,7-5-10)9-15-8-11-2-3-12(14)17-11/h2-3,10,15-16H,4-9H2,1H3. The van der Waals surface area contributed by atoms with Crippen LogP contribution in [-0.4, -0.2) is 17.3 Å². The lowest BCUT2D eigenvalue weighted by molar-refractivity contribution is -0.00657. The molecule has 1 fully saturated rings. The lowest BCUT2D eigenvalue weighted by atomic mass is 9.79. The van der Waals surface area contributed by atoms with Crippen molar-refractivity contribution in [1.82, 2.24) is 5.32 Å². The zero-order chi connectivity index (χ0) is 12.3. The minimum absolute atomic E-state index is 0.518. The average molecular weight is 302 g/mol. The second-order valence-electron chi connectivity index (χ2n) is 5.22. The first-order valence-corrected chi connectivity index (χ1v) is 7.04. The Morgan fingerprint density at radius 2 is 2.18 bits per heavy atom. The highest BCUT2D eigenvalue weighted by Crippen LogP contribution is 2.31. The molecule has 0 aromatic carbocycles. The average Bonchev–Trinajstić information content (AvgIpc) is 2.69. The molecule has 1 aliphatic carbocycles. The van der Waals surface area contributed by atoms with E-state index in [0.29, 0.717) is 13.1 Å². The molecule has 1 saturated carbocycles. The van der Waals surface area contributed by atoms with Crippen molar-refractivity contribution in [3.63, 3.8) is 0 Å². The molecular weight excluding hydrogens is 282 g/mol. The monoisotopic (exact) mass is 301 g/mol. The quantitative estimate of drug-likeness (QED) is 0.898. The van der Waals surface area contributed by atoms with Crippen LogP contribution in [0.15, 0.2) is 21.2 Å². The Morgan fingerprint density at radius 3 is 2.76 bits per heavy atom. The second kappa shape index (κ2) is 5.55. The van der Waals surface area contributed by atoms with Crippen molar-refractivity contribution >= 4 is 15.9 Å². The van der Waals surface area contributed by atoms with Gasteiger partial charge in [-0.05, 0) is 59.7 Å². The van der Waals surface area contributed by atoms with Crippen molar-refractivity contribution in [3.05, 3.63) is 22.6 Å². The zero-order valence-electron chi connectivity index (χ0n) is 10.2. The molecule has 0 amide bonds. The van der Waals surface area contributed by atoms with Crippen LogP contribution < -0.4 is 5.32 Å². The van der Waals surface area contributed by atoms with Gasteiger partial charge in [-0.15, -0.1) is 0 Å². The van der Waals surface area contributed by atoms with Gasteiger partial charge in [-0.1, -0.05) is 6.92 Å².